The molecule has 0 spiro atoms. The van der Waals surface area contributed by atoms with E-state index in [0.29, 0.717) is 0 Å². The molecule has 43 heavy (non-hydrogen) atoms. The summed E-state index contributed by atoms with van der Waals surface area (Å²) in [4.78, 5) is 5.45. The van der Waals surface area contributed by atoms with Gasteiger partial charge in [-0.2, -0.15) is 0 Å². The SMILES string of the molecule is CC1(P(=O)(c2ccccc2)c2ccc(C3=c4ccc5ccccc5c4=NC4c5ccccc5C=CC34)cc2)C=CC=CC1. The van der Waals surface area contributed by atoms with Crippen LogP contribution in [0.4, 0.5) is 0 Å². The van der Waals surface area contributed by atoms with Crippen molar-refractivity contribution in [2.45, 2.75) is 24.5 Å². The van der Waals surface area contributed by atoms with Crippen LogP contribution >= 0.6 is 7.14 Å². The zero-order valence-corrected chi connectivity index (χ0v) is 25.0. The highest BCUT2D eigenvalue weighted by Gasteiger charge is 2.45. The molecule has 0 amide bonds. The van der Waals surface area contributed by atoms with Crippen molar-refractivity contribution in [3.8, 4) is 0 Å². The van der Waals surface area contributed by atoms with Gasteiger partial charge in [0.05, 0.1) is 16.6 Å². The van der Waals surface area contributed by atoms with E-state index in [1.54, 1.807) is 0 Å². The first-order valence-electron chi connectivity index (χ1n) is 15.0. The minimum absolute atomic E-state index is 0.00248. The first-order chi connectivity index (χ1) is 21.1. The molecule has 0 saturated heterocycles. The van der Waals surface area contributed by atoms with E-state index in [0.717, 1.165) is 28.0 Å². The number of fused-ring (bicyclic) bond motifs is 6. The molecule has 3 aliphatic rings. The smallest absolute Gasteiger partial charge is 0.152 e. The lowest BCUT2D eigenvalue weighted by atomic mass is 9.76. The van der Waals surface area contributed by atoms with Crippen LogP contribution in [-0.4, -0.2) is 5.16 Å². The van der Waals surface area contributed by atoms with Crippen LogP contribution in [-0.2, 0) is 4.57 Å². The maximum atomic E-state index is 15.4. The molecule has 1 heterocycles. The van der Waals surface area contributed by atoms with E-state index in [4.69, 9.17) is 4.99 Å². The van der Waals surface area contributed by atoms with Crippen LogP contribution in [0.5, 0.6) is 0 Å². The van der Waals surface area contributed by atoms with Crippen molar-refractivity contribution >= 4 is 40.2 Å². The topological polar surface area (TPSA) is 29.4 Å². The average Bonchev–Trinajstić information content (AvgIpc) is 3.07. The molecule has 0 aromatic heterocycles. The largest absolute Gasteiger partial charge is 0.313 e. The highest BCUT2D eigenvalue weighted by Crippen LogP contribution is 2.59. The average molecular weight is 574 g/mol. The third-order valence-electron chi connectivity index (χ3n) is 9.54. The van der Waals surface area contributed by atoms with Crippen LogP contribution in [0.2, 0.25) is 0 Å². The summed E-state index contributed by atoms with van der Waals surface area (Å²) >= 11 is 0. The van der Waals surface area contributed by atoms with Crippen molar-refractivity contribution in [3.63, 3.8) is 0 Å². The number of allylic oxidation sites excluding steroid dienone is 4. The van der Waals surface area contributed by atoms with Gasteiger partial charge in [0.15, 0.2) is 7.14 Å². The second kappa shape index (κ2) is 10.0. The lowest BCUT2D eigenvalue weighted by molar-refractivity contribution is 0.565. The van der Waals surface area contributed by atoms with Gasteiger partial charge < -0.3 is 4.57 Å². The number of hydrogen-bond donors (Lipinski definition) is 0. The standard InChI is InChI=1S/C40H32NOP/c1-40(26-10-3-11-27-40)43(42,31-14-4-2-5-15-31)32-22-18-30(19-23-32)37-35-24-20-28-12-6-8-16-33(28)38(35)41-39-34-17-9-7-13-29(34)21-25-36(37)39/h2-26,35,38H,27H2,1H3. The molecule has 0 fully saturated rings. The van der Waals surface area contributed by atoms with Gasteiger partial charge in [-0.1, -0.05) is 152 Å². The van der Waals surface area contributed by atoms with E-state index in [-0.39, 0.29) is 12.0 Å². The second-order valence-corrected chi connectivity index (χ2v) is 15.3. The number of nitrogens with zero attached hydrogens (tertiary/aromatic N) is 1. The van der Waals surface area contributed by atoms with Crippen molar-refractivity contribution in [3.05, 3.63) is 173 Å². The Balaban J connectivity index is 1.34. The Morgan fingerprint density at radius 2 is 1.51 bits per heavy atom. The molecule has 8 rings (SSSR count). The van der Waals surface area contributed by atoms with Gasteiger partial charge in [-0.05, 0) is 41.0 Å². The van der Waals surface area contributed by atoms with Crippen LogP contribution in [0.1, 0.15) is 36.1 Å². The van der Waals surface area contributed by atoms with E-state index >= 15 is 4.57 Å². The maximum Gasteiger partial charge on any atom is 0.152 e. The van der Waals surface area contributed by atoms with Gasteiger partial charge in [-0.3, -0.25) is 4.99 Å². The Kier molecular flexibility index (Phi) is 6.10. The Labute approximate surface area is 252 Å². The van der Waals surface area contributed by atoms with E-state index in [1.807, 2.05) is 36.4 Å². The molecule has 2 nitrogen and oxygen atoms in total. The van der Waals surface area contributed by atoms with Gasteiger partial charge in [0, 0.05) is 27.1 Å². The van der Waals surface area contributed by atoms with Gasteiger partial charge in [-0.15, -0.1) is 0 Å². The monoisotopic (exact) mass is 573 g/mol. The summed E-state index contributed by atoms with van der Waals surface area (Å²) < 4.78 is 15.4. The number of benzene rings is 5. The fraction of sp³-hybridized carbons (Fsp3) is 0.125. The highest BCUT2D eigenvalue weighted by molar-refractivity contribution is 7.80. The molecule has 0 saturated carbocycles. The van der Waals surface area contributed by atoms with Crippen molar-refractivity contribution in [2.75, 3.05) is 0 Å². The van der Waals surface area contributed by atoms with E-state index in [2.05, 4.69) is 122 Å². The van der Waals surface area contributed by atoms with Crippen molar-refractivity contribution in [1.82, 2.24) is 0 Å². The quantitative estimate of drug-likeness (QED) is 0.203. The number of hydrogen-bond acceptors (Lipinski definition) is 2. The molecule has 208 valence electrons. The first kappa shape index (κ1) is 26.1. The van der Waals surface area contributed by atoms with Crippen LogP contribution in [0.15, 0.2) is 151 Å². The molecule has 3 heteroatoms. The molecular formula is C40H32NOP. The van der Waals surface area contributed by atoms with Gasteiger partial charge >= 0.3 is 0 Å². The van der Waals surface area contributed by atoms with E-state index in [1.165, 1.54) is 32.7 Å². The molecule has 1 aliphatic heterocycles. The summed E-state index contributed by atoms with van der Waals surface area (Å²) in [6.07, 6.45) is 13.7. The third kappa shape index (κ3) is 4.01. The molecule has 5 aromatic rings. The lowest BCUT2D eigenvalue weighted by Gasteiger charge is -2.37. The summed E-state index contributed by atoms with van der Waals surface area (Å²) in [7, 11) is -3.02. The fourth-order valence-corrected chi connectivity index (χ4v) is 10.6. The molecule has 5 aromatic carbocycles. The van der Waals surface area contributed by atoms with E-state index in [9.17, 15) is 0 Å². The van der Waals surface area contributed by atoms with Crippen LogP contribution < -0.4 is 21.2 Å². The lowest BCUT2D eigenvalue weighted by Crippen LogP contribution is -2.38. The summed E-state index contributed by atoms with van der Waals surface area (Å²) in [6.45, 7) is 2.14. The van der Waals surface area contributed by atoms with Crippen molar-refractivity contribution < 1.29 is 4.57 Å². The Morgan fingerprint density at radius 3 is 2.33 bits per heavy atom. The predicted molar refractivity (Wildman–Crippen MR) is 180 cm³/mol. The molecular weight excluding hydrogens is 541 g/mol. The molecule has 2 aliphatic carbocycles. The summed E-state index contributed by atoms with van der Waals surface area (Å²) in [5, 5.41) is 5.92. The van der Waals surface area contributed by atoms with Crippen molar-refractivity contribution in [1.29, 1.82) is 0 Å². The minimum atomic E-state index is -3.02. The van der Waals surface area contributed by atoms with Gasteiger partial charge in [-0.25, -0.2) is 0 Å². The minimum Gasteiger partial charge on any atom is -0.313 e. The molecule has 0 N–H and O–H groups in total. The summed E-state index contributed by atoms with van der Waals surface area (Å²) in [5.74, 6) is 0.110. The molecule has 4 atom stereocenters. The van der Waals surface area contributed by atoms with E-state index < -0.39 is 12.3 Å². The van der Waals surface area contributed by atoms with Gasteiger partial charge in [0.1, 0.15) is 0 Å². The number of rotatable bonds is 4. The van der Waals surface area contributed by atoms with Crippen LogP contribution in [0.3, 0.4) is 0 Å². The zero-order chi connectivity index (χ0) is 29.0. The zero-order valence-electron chi connectivity index (χ0n) is 24.1. The molecule has 0 radical (unpaired) electrons. The first-order valence-corrected chi connectivity index (χ1v) is 16.8. The fourth-order valence-electron chi connectivity index (χ4n) is 7.30. The maximum absolute atomic E-state index is 15.4. The third-order valence-corrected chi connectivity index (χ3v) is 13.4. The van der Waals surface area contributed by atoms with Gasteiger partial charge in [0.2, 0.25) is 0 Å². The Bertz CT molecular complexity index is 2160. The van der Waals surface area contributed by atoms with Crippen LogP contribution in [0.25, 0.3) is 22.4 Å². The molecule has 4 unspecified atom stereocenters. The van der Waals surface area contributed by atoms with Gasteiger partial charge in [0.25, 0.3) is 0 Å². The predicted octanol–water partition coefficient (Wildman–Crippen LogP) is 7.65. The van der Waals surface area contributed by atoms with Crippen molar-refractivity contribution in [2.24, 2.45) is 10.9 Å². The second-order valence-electron chi connectivity index (χ2n) is 12.0. The Hall–Kier alpha value is -4.52. The van der Waals surface area contributed by atoms with Crippen LogP contribution in [0, 0.1) is 5.92 Å². The summed E-state index contributed by atoms with van der Waals surface area (Å²) in [5.41, 5.74) is 4.93. The highest BCUT2D eigenvalue weighted by atomic mass is 31.2. The normalized spacial score (nSPS) is 23.1. The summed E-state index contributed by atoms with van der Waals surface area (Å²) in [6, 6.07) is 40.3. The Morgan fingerprint density at radius 1 is 0.767 bits per heavy atom. The molecule has 0 bridgehead atoms.